The average Bonchev–Trinajstić information content (AvgIpc) is 3.47. The van der Waals surface area contributed by atoms with E-state index in [4.69, 9.17) is 4.74 Å². The molecule has 8 heteroatoms. The van der Waals surface area contributed by atoms with Crippen molar-refractivity contribution in [3.05, 3.63) is 74.1 Å². The third-order valence-corrected chi connectivity index (χ3v) is 7.25. The highest BCUT2D eigenvalue weighted by Crippen LogP contribution is 2.45. The van der Waals surface area contributed by atoms with Gasteiger partial charge < -0.3 is 15.0 Å². The van der Waals surface area contributed by atoms with Crippen LogP contribution in [0.4, 0.5) is 5.69 Å². The Morgan fingerprint density at radius 3 is 2.56 bits per heavy atom. The van der Waals surface area contributed by atoms with Crippen LogP contribution in [0, 0.1) is 5.92 Å². The van der Waals surface area contributed by atoms with E-state index in [0.29, 0.717) is 28.2 Å². The molecule has 2 atom stereocenters. The molecule has 0 saturated heterocycles. The number of carbonyl (C=O) groups is 3. The van der Waals surface area contributed by atoms with Crippen LogP contribution in [0.25, 0.3) is 0 Å². The quantitative estimate of drug-likeness (QED) is 0.506. The fourth-order valence-electron chi connectivity index (χ4n) is 4.11. The molecule has 32 heavy (non-hydrogen) atoms. The number of benzene rings is 1. The van der Waals surface area contributed by atoms with Crippen LogP contribution in [-0.4, -0.2) is 36.3 Å². The highest BCUT2D eigenvalue weighted by molar-refractivity contribution is 7.12. The Hall–Kier alpha value is -2.97. The van der Waals surface area contributed by atoms with E-state index in [-0.39, 0.29) is 17.7 Å². The van der Waals surface area contributed by atoms with Crippen molar-refractivity contribution < 1.29 is 19.1 Å². The third kappa shape index (κ3) is 4.08. The molecule has 1 N–H and O–H groups in total. The number of methoxy groups -OCH3 is 1. The topological polar surface area (TPSA) is 75.7 Å². The van der Waals surface area contributed by atoms with E-state index in [9.17, 15) is 14.4 Å². The number of fused-ring (bicyclic) bond motifs is 1. The molecular weight excluding hydrogens is 444 g/mol. The van der Waals surface area contributed by atoms with Crippen LogP contribution in [0.5, 0.6) is 0 Å². The molecule has 4 rings (SSSR count). The molecule has 2 amide bonds. The number of nitrogens with one attached hydrogen (secondary N) is 1. The smallest absolute Gasteiger partial charge is 0.350 e. The van der Waals surface area contributed by atoms with E-state index >= 15 is 0 Å². The maximum absolute atomic E-state index is 13.7. The molecule has 3 heterocycles. The van der Waals surface area contributed by atoms with Crippen molar-refractivity contribution in [2.24, 2.45) is 5.92 Å². The lowest BCUT2D eigenvalue weighted by Crippen LogP contribution is -2.47. The van der Waals surface area contributed by atoms with E-state index in [0.717, 1.165) is 4.88 Å². The zero-order valence-electron chi connectivity index (χ0n) is 18.0. The number of anilines is 1. The summed E-state index contributed by atoms with van der Waals surface area (Å²) in [4.78, 5) is 42.4. The number of hydrogen-bond donors (Lipinski definition) is 1. The third-order valence-electron chi connectivity index (χ3n) is 5.41. The largest absolute Gasteiger partial charge is 0.465 e. The first-order chi connectivity index (χ1) is 15.4. The Balaban J connectivity index is 1.80. The second-order valence-electron chi connectivity index (χ2n) is 8.02. The Labute approximate surface area is 194 Å². The van der Waals surface area contributed by atoms with Crippen LogP contribution >= 0.6 is 22.7 Å². The number of thiophene rings is 2. The Bertz CT molecular complexity index is 1140. The summed E-state index contributed by atoms with van der Waals surface area (Å²) in [5, 5.41) is 6.63. The highest BCUT2D eigenvalue weighted by Gasteiger charge is 2.44. The monoisotopic (exact) mass is 468 g/mol. The van der Waals surface area contributed by atoms with Gasteiger partial charge in [-0.1, -0.05) is 38.1 Å². The highest BCUT2D eigenvalue weighted by atomic mass is 32.1. The minimum absolute atomic E-state index is 0.0671. The molecule has 1 aliphatic heterocycles. The average molecular weight is 469 g/mol. The fourth-order valence-corrected chi connectivity index (χ4v) is 5.75. The number of esters is 1. The molecule has 0 bridgehead atoms. The molecule has 1 aliphatic rings. The number of nitrogens with zero attached hydrogens (tertiary/aromatic N) is 1. The lowest BCUT2D eigenvalue weighted by atomic mass is 9.81. The van der Waals surface area contributed by atoms with Crippen molar-refractivity contribution in [2.75, 3.05) is 19.0 Å². The van der Waals surface area contributed by atoms with Gasteiger partial charge in [0.25, 0.3) is 5.91 Å². The van der Waals surface area contributed by atoms with Crippen LogP contribution in [0.15, 0.2) is 53.2 Å². The van der Waals surface area contributed by atoms with Crippen LogP contribution in [0.3, 0.4) is 0 Å². The van der Waals surface area contributed by atoms with Crippen molar-refractivity contribution in [2.45, 2.75) is 25.8 Å². The van der Waals surface area contributed by atoms with E-state index in [1.807, 2.05) is 40.6 Å². The first-order valence-electron chi connectivity index (χ1n) is 10.3. The summed E-state index contributed by atoms with van der Waals surface area (Å²) in [5.74, 6) is -1.21. The number of hydrogen-bond acceptors (Lipinski definition) is 6. The second-order valence-corrected chi connectivity index (χ2v) is 9.92. The molecule has 0 radical (unpaired) electrons. The van der Waals surface area contributed by atoms with E-state index in [2.05, 4.69) is 19.2 Å². The van der Waals surface area contributed by atoms with Gasteiger partial charge in [-0.15, -0.1) is 22.7 Å². The van der Waals surface area contributed by atoms with Crippen LogP contribution < -0.4 is 5.32 Å². The van der Waals surface area contributed by atoms with Crippen LogP contribution in [-0.2, 0) is 9.53 Å². The van der Waals surface area contributed by atoms with Crippen molar-refractivity contribution in [3.63, 3.8) is 0 Å². The van der Waals surface area contributed by atoms with E-state index < -0.39 is 17.9 Å². The molecule has 0 saturated carbocycles. The number of rotatable bonds is 6. The second kappa shape index (κ2) is 9.26. The molecule has 0 unspecified atom stereocenters. The first-order valence-corrected chi connectivity index (χ1v) is 12.1. The molecule has 2 aromatic heterocycles. The minimum atomic E-state index is -0.619. The fraction of sp³-hybridized carbons (Fsp3) is 0.292. The van der Waals surface area contributed by atoms with Crippen LogP contribution in [0.2, 0.25) is 0 Å². The molecule has 1 aromatic carbocycles. The summed E-state index contributed by atoms with van der Waals surface area (Å²) in [5.41, 5.74) is 1.66. The maximum atomic E-state index is 13.7. The van der Waals surface area contributed by atoms with Gasteiger partial charge in [0.05, 0.1) is 24.8 Å². The number of amides is 2. The molecule has 6 nitrogen and oxygen atoms in total. The summed E-state index contributed by atoms with van der Waals surface area (Å²) in [6.45, 7) is 4.65. The minimum Gasteiger partial charge on any atom is -0.465 e. The summed E-state index contributed by atoms with van der Waals surface area (Å²) in [6, 6.07) is 12.5. The van der Waals surface area contributed by atoms with Crippen molar-refractivity contribution in [3.8, 4) is 0 Å². The zero-order valence-corrected chi connectivity index (χ0v) is 19.7. The molecule has 0 aliphatic carbocycles. The summed E-state index contributed by atoms with van der Waals surface area (Å²) in [7, 11) is 1.31. The van der Waals surface area contributed by atoms with Gasteiger partial charge in [0.1, 0.15) is 4.88 Å². The Morgan fingerprint density at radius 1 is 1.09 bits per heavy atom. The lowest BCUT2D eigenvalue weighted by molar-refractivity contribution is -0.119. The normalized spacial score (nSPS) is 17.9. The zero-order chi connectivity index (χ0) is 22.8. The predicted molar refractivity (Wildman–Crippen MR) is 126 cm³/mol. The Morgan fingerprint density at radius 2 is 1.88 bits per heavy atom. The van der Waals surface area contributed by atoms with Crippen molar-refractivity contribution >= 4 is 46.1 Å². The van der Waals surface area contributed by atoms with Crippen molar-refractivity contribution in [1.29, 1.82) is 0 Å². The van der Waals surface area contributed by atoms with Crippen LogP contribution in [0.1, 0.15) is 56.3 Å². The molecular formula is C24H24N2O4S2. The molecule has 166 valence electrons. The van der Waals surface area contributed by atoms with Gasteiger partial charge in [-0.2, -0.15) is 0 Å². The maximum Gasteiger partial charge on any atom is 0.350 e. The lowest BCUT2D eigenvalue weighted by Gasteiger charge is -2.42. The summed E-state index contributed by atoms with van der Waals surface area (Å²) >= 11 is 2.74. The van der Waals surface area contributed by atoms with Gasteiger partial charge in [0.2, 0.25) is 5.91 Å². The van der Waals surface area contributed by atoms with Gasteiger partial charge in [0, 0.05) is 17.0 Å². The van der Waals surface area contributed by atoms with Gasteiger partial charge in [-0.25, -0.2) is 4.79 Å². The molecule has 0 fully saturated rings. The molecule has 0 spiro atoms. The van der Waals surface area contributed by atoms with Gasteiger partial charge >= 0.3 is 5.97 Å². The number of ether oxygens (including phenoxy) is 1. The predicted octanol–water partition coefficient (Wildman–Crippen LogP) is 5.17. The van der Waals surface area contributed by atoms with E-state index in [1.54, 1.807) is 17.5 Å². The number of carbonyl (C=O) groups excluding carboxylic acids is 3. The molecule has 3 aromatic rings. The Kier molecular flexibility index (Phi) is 6.43. The van der Waals surface area contributed by atoms with E-state index in [1.165, 1.54) is 29.8 Å². The van der Waals surface area contributed by atoms with Gasteiger partial charge in [-0.05, 0) is 40.4 Å². The van der Waals surface area contributed by atoms with Gasteiger partial charge in [0.15, 0.2) is 0 Å². The SMILES string of the molecule is COC(=O)c1sccc1NC(=O)[C@@H]1c2ccccc2C(=O)N(CC(C)C)[C@H]1c1cccs1. The first kappa shape index (κ1) is 22.2. The van der Waals surface area contributed by atoms with Gasteiger partial charge in [-0.3, -0.25) is 9.59 Å². The standard InChI is InChI=1S/C24H24N2O4S2/c1-14(2)13-26-20(18-9-6-11-31-18)19(15-7-4-5-8-16(15)23(26)28)22(27)25-17-10-12-32-21(17)24(29)30-3/h4-12,14,19-20H,13H2,1-3H3,(H,25,27)/t19-,20+/m1/s1. The summed E-state index contributed by atoms with van der Waals surface area (Å²) in [6.07, 6.45) is 0. The summed E-state index contributed by atoms with van der Waals surface area (Å²) < 4.78 is 4.84. The van der Waals surface area contributed by atoms with Crippen molar-refractivity contribution in [1.82, 2.24) is 4.90 Å².